The minimum atomic E-state index is -0.948. The van der Waals surface area contributed by atoms with Gasteiger partial charge < -0.3 is 0 Å². The quantitative estimate of drug-likeness (QED) is 0.463. The summed E-state index contributed by atoms with van der Waals surface area (Å²) in [7, 11) is 0. The van der Waals surface area contributed by atoms with Crippen molar-refractivity contribution in [3.63, 3.8) is 0 Å². The second-order valence-corrected chi connectivity index (χ2v) is 12.1. The Balaban J connectivity index is 1.80. The predicted molar refractivity (Wildman–Crippen MR) is 118 cm³/mol. The molecule has 1 aliphatic carbocycles. The molecule has 1 heterocycles. The van der Waals surface area contributed by atoms with Crippen molar-refractivity contribution >= 4 is 37.9 Å². The van der Waals surface area contributed by atoms with Crippen molar-refractivity contribution in [3.05, 3.63) is 23.0 Å². The molecular formula is C22H32AsFN2O4. The average Bonchev–Trinajstić information content (AvgIpc) is 3.34. The van der Waals surface area contributed by atoms with Crippen molar-refractivity contribution in [1.82, 2.24) is 0 Å². The molecule has 2 fully saturated rings. The van der Waals surface area contributed by atoms with E-state index in [9.17, 15) is 9.59 Å². The van der Waals surface area contributed by atoms with Crippen LogP contribution in [0, 0.1) is 12.7 Å². The van der Waals surface area contributed by atoms with Gasteiger partial charge in [0.2, 0.25) is 0 Å². The molecule has 1 aliphatic heterocycles. The Morgan fingerprint density at radius 2 is 2.00 bits per heavy atom. The van der Waals surface area contributed by atoms with Crippen LogP contribution in [0.5, 0.6) is 0 Å². The number of carbonyl (C=O) groups excluding carboxylic acids is 2. The molecule has 1 saturated carbocycles. The molecule has 30 heavy (non-hydrogen) atoms. The number of nitrogens with one attached hydrogen (secondary N) is 1. The van der Waals surface area contributed by atoms with Crippen LogP contribution >= 0.6 is 0 Å². The zero-order valence-corrected chi connectivity index (χ0v) is 20.5. The first-order chi connectivity index (χ1) is 14.1. The zero-order chi connectivity index (χ0) is 22.1. The van der Waals surface area contributed by atoms with Crippen LogP contribution in [0.25, 0.3) is 0 Å². The van der Waals surface area contributed by atoms with E-state index in [2.05, 4.69) is 5.32 Å². The van der Waals surface area contributed by atoms with Gasteiger partial charge in [-0.05, 0) is 0 Å². The number of rotatable bonds is 7. The molecule has 2 atom stereocenters. The SMILES string of the molecule is CCOC(=O)c1cc(F)c(N2CCC([AsH]C(=O)OC(C)(C)C)C2)c(C)c1NC1CC1. The molecular weight excluding hydrogens is 450 g/mol. The van der Waals surface area contributed by atoms with E-state index in [1.54, 1.807) is 6.92 Å². The summed E-state index contributed by atoms with van der Waals surface area (Å²) in [4.78, 5) is 26.6. The normalized spacial score (nSPS) is 19.4. The summed E-state index contributed by atoms with van der Waals surface area (Å²) < 4.78 is 25.9. The van der Waals surface area contributed by atoms with Crippen LogP contribution in [0.1, 0.15) is 62.9 Å². The third kappa shape index (κ3) is 5.69. The molecule has 166 valence electrons. The van der Waals surface area contributed by atoms with Gasteiger partial charge in [0.1, 0.15) is 0 Å². The molecule has 6 nitrogen and oxygen atoms in total. The Kier molecular flexibility index (Phi) is 7.01. The third-order valence-electron chi connectivity index (χ3n) is 5.14. The first-order valence-electron chi connectivity index (χ1n) is 10.6. The van der Waals surface area contributed by atoms with Crippen LogP contribution in [-0.2, 0) is 9.47 Å². The minimum absolute atomic E-state index is 0.0970. The van der Waals surface area contributed by atoms with Gasteiger partial charge in [-0.3, -0.25) is 0 Å². The zero-order valence-electron chi connectivity index (χ0n) is 18.4. The molecule has 1 aromatic rings. The Morgan fingerprint density at radius 1 is 1.30 bits per heavy atom. The summed E-state index contributed by atoms with van der Waals surface area (Å²) in [6.07, 6.45) is 2.94. The molecule has 2 unspecified atom stereocenters. The van der Waals surface area contributed by atoms with Gasteiger partial charge >= 0.3 is 184 Å². The van der Waals surface area contributed by atoms with E-state index in [0.29, 0.717) is 30.5 Å². The molecule has 2 aliphatic rings. The maximum absolute atomic E-state index is 15.1. The number of esters is 1. The van der Waals surface area contributed by atoms with Crippen LogP contribution in [0.15, 0.2) is 6.07 Å². The van der Waals surface area contributed by atoms with Crippen molar-refractivity contribution in [1.29, 1.82) is 0 Å². The van der Waals surface area contributed by atoms with Crippen LogP contribution in [0.4, 0.5) is 20.6 Å². The number of ether oxygens (including phenoxy) is 2. The first kappa shape index (κ1) is 22.9. The number of nitrogens with zero attached hydrogens (tertiary/aromatic N) is 1. The monoisotopic (exact) mass is 482 g/mol. The van der Waals surface area contributed by atoms with Crippen molar-refractivity contribution in [2.24, 2.45) is 0 Å². The van der Waals surface area contributed by atoms with Gasteiger partial charge in [-0.25, -0.2) is 0 Å². The Labute approximate surface area is 184 Å². The maximum atomic E-state index is 15.1. The summed E-state index contributed by atoms with van der Waals surface area (Å²) in [6.45, 7) is 10.8. The Bertz CT molecular complexity index is 820. The van der Waals surface area contributed by atoms with Crippen LogP contribution in [0.3, 0.4) is 0 Å². The fourth-order valence-corrected chi connectivity index (χ4v) is 6.39. The number of hydrogen-bond donors (Lipinski definition) is 1. The molecule has 8 heteroatoms. The fraction of sp³-hybridized carbons (Fsp3) is 0.636. The van der Waals surface area contributed by atoms with E-state index in [1.165, 1.54) is 6.07 Å². The van der Waals surface area contributed by atoms with E-state index in [0.717, 1.165) is 24.8 Å². The van der Waals surface area contributed by atoms with Crippen LogP contribution in [-0.4, -0.2) is 57.8 Å². The number of carbonyl (C=O) groups is 2. The molecule has 1 saturated heterocycles. The van der Waals surface area contributed by atoms with Gasteiger partial charge in [0.05, 0.1) is 0 Å². The van der Waals surface area contributed by atoms with E-state index < -0.39 is 33.1 Å². The predicted octanol–water partition coefficient (Wildman–Crippen LogP) is 4.26. The Hall–Kier alpha value is -1.75. The molecule has 3 rings (SSSR count). The van der Waals surface area contributed by atoms with Crippen LogP contribution in [0.2, 0.25) is 4.71 Å². The van der Waals surface area contributed by atoms with Gasteiger partial charge in [0.25, 0.3) is 0 Å². The molecule has 1 N–H and O–H groups in total. The van der Waals surface area contributed by atoms with E-state index >= 15 is 4.39 Å². The number of hydrogen-bond acceptors (Lipinski definition) is 6. The van der Waals surface area contributed by atoms with E-state index in [4.69, 9.17) is 9.47 Å². The Morgan fingerprint density at radius 3 is 2.60 bits per heavy atom. The number of halogens is 1. The average molecular weight is 482 g/mol. The number of anilines is 2. The standard InChI is InChI=1S/C22H32AsFN2O4/c1-6-29-20(27)16-11-17(24)19(13(2)18(16)25-15-7-8-15)26-10-9-14(12-26)23-21(28)30-22(3,4)5/h11,14-15,23,25H,6-10,12H2,1-5H3. The second kappa shape index (κ2) is 9.17. The molecule has 0 aromatic heterocycles. The van der Waals surface area contributed by atoms with Crippen molar-refractivity contribution in [2.75, 3.05) is 29.9 Å². The van der Waals surface area contributed by atoms with Gasteiger partial charge in [-0.2, -0.15) is 0 Å². The van der Waals surface area contributed by atoms with Gasteiger partial charge in [0.15, 0.2) is 0 Å². The van der Waals surface area contributed by atoms with Crippen molar-refractivity contribution < 1.29 is 23.5 Å². The first-order valence-corrected chi connectivity index (χ1v) is 12.9. The van der Waals surface area contributed by atoms with E-state index in [1.807, 2.05) is 32.6 Å². The van der Waals surface area contributed by atoms with Crippen LogP contribution < -0.4 is 10.2 Å². The summed E-state index contributed by atoms with van der Waals surface area (Å²) >= 11 is -0.948. The summed E-state index contributed by atoms with van der Waals surface area (Å²) in [5, 5.41) is 3.39. The molecule has 0 radical (unpaired) electrons. The second-order valence-electron chi connectivity index (χ2n) is 8.97. The van der Waals surface area contributed by atoms with Crippen molar-refractivity contribution in [3.8, 4) is 0 Å². The summed E-state index contributed by atoms with van der Waals surface area (Å²) in [5.41, 5.74) is 1.68. The summed E-state index contributed by atoms with van der Waals surface area (Å²) in [6, 6.07) is 1.61. The third-order valence-corrected chi connectivity index (χ3v) is 7.70. The summed E-state index contributed by atoms with van der Waals surface area (Å²) in [5.74, 6) is -0.931. The molecule has 1 aromatic carbocycles. The fourth-order valence-electron chi connectivity index (χ4n) is 3.70. The molecule has 0 spiro atoms. The van der Waals surface area contributed by atoms with Crippen molar-refractivity contribution in [2.45, 2.75) is 70.2 Å². The molecule has 0 amide bonds. The van der Waals surface area contributed by atoms with Gasteiger partial charge in [0, 0.05) is 0 Å². The van der Waals surface area contributed by atoms with Gasteiger partial charge in [-0.15, -0.1) is 0 Å². The number of benzene rings is 1. The topological polar surface area (TPSA) is 67.9 Å². The molecule has 0 bridgehead atoms. The van der Waals surface area contributed by atoms with E-state index in [-0.39, 0.29) is 21.6 Å². The van der Waals surface area contributed by atoms with Gasteiger partial charge in [-0.1, -0.05) is 0 Å².